The van der Waals surface area contributed by atoms with Crippen molar-refractivity contribution in [3.05, 3.63) is 101 Å². The van der Waals surface area contributed by atoms with Gasteiger partial charge in [-0.2, -0.15) is 13.2 Å². The second kappa shape index (κ2) is 9.66. The minimum Gasteiger partial charge on any atom is -0.344 e. The van der Waals surface area contributed by atoms with Gasteiger partial charge in [-0.1, -0.05) is 66.2 Å². The molecular weight excluding hydrogens is 453 g/mol. The summed E-state index contributed by atoms with van der Waals surface area (Å²) >= 11 is 0. The molecule has 33 heavy (non-hydrogen) atoms. The number of nitrogens with zero attached hydrogens (tertiary/aromatic N) is 1. The molecule has 0 fully saturated rings. The van der Waals surface area contributed by atoms with Crippen molar-refractivity contribution in [3.63, 3.8) is 0 Å². The van der Waals surface area contributed by atoms with E-state index in [1.807, 2.05) is 61.5 Å². The molecule has 0 saturated carbocycles. The van der Waals surface area contributed by atoms with Crippen molar-refractivity contribution >= 4 is 21.6 Å². The maximum atomic E-state index is 13.1. The van der Waals surface area contributed by atoms with E-state index in [4.69, 9.17) is 0 Å². The van der Waals surface area contributed by atoms with Gasteiger partial charge in [0.25, 0.3) is 0 Å². The maximum Gasteiger partial charge on any atom is 0.416 e. The summed E-state index contributed by atoms with van der Waals surface area (Å²) < 4.78 is 64.7. The van der Waals surface area contributed by atoms with E-state index in [1.54, 1.807) is 0 Å². The van der Waals surface area contributed by atoms with E-state index in [1.165, 1.54) is 6.07 Å². The highest BCUT2D eigenvalue weighted by Gasteiger charge is 2.32. The Morgan fingerprint density at radius 3 is 2.12 bits per heavy atom. The van der Waals surface area contributed by atoms with Gasteiger partial charge in [0.15, 0.2) is 0 Å². The number of anilines is 1. The summed E-state index contributed by atoms with van der Waals surface area (Å²) in [6.07, 6.45) is -3.81. The summed E-state index contributed by atoms with van der Waals surface area (Å²) in [6, 6.07) is 19.9. The number of amides is 1. The zero-order valence-corrected chi connectivity index (χ0v) is 18.8. The van der Waals surface area contributed by atoms with Gasteiger partial charge in [-0.05, 0) is 36.2 Å². The fraction of sp³-hybridized carbons (Fsp3) is 0.208. The Hall–Kier alpha value is -3.33. The Kier molecular flexibility index (Phi) is 7.12. The number of hydrogen-bond acceptors (Lipinski definition) is 3. The third-order valence-electron chi connectivity index (χ3n) is 5.00. The zero-order chi connectivity index (χ0) is 24.2. The zero-order valence-electron chi connectivity index (χ0n) is 18.0. The minimum atomic E-state index is -4.65. The van der Waals surface area contributed by atoms with Crippen molar-refractivity contribution in [3.8, 4) is 0 Å². The summed E-state index contributed by atoms with van der Waals surface area (Å²) in [7, 11) is -4.04. The lowest BCUT2D eigenvalue weighted by atomic mass is 9.98. The number of sulfonamides is 1. The molecule has 0 aliphatic rings. The standard InChI is InChI=1S/C24H23F3N2O3S/c1-17-11-13-19(14-12-17)23(18-7-4-3-5-8-18)28-22(30)16-29(33(2,31)32)21-10-6-9-20(15-21)24(25,26)27/h3-15,23H,16H2,1-2H3,(H,28,30)/t23-/m1/s1. The molecule has 0 heterocycles. The first-order valence-corrected chi connectivity index (χ1v) is 11.9. The number of halogens is 3. The molecule has 3 rings (SSSR count). The molecule has 0 unspecified atom stereocenters. The number of alkyl halides is 3. The van der Waals surface area contributed by atoms with Gasteiger partial charge in [0.1, 0.15) is 6.54 Å². The molecule has 1 N–H and O–H groups in total. The van der Waals surface area contributed by atoms with Gasteiger partial charge in [0.05, 0.1) is 23.5 Å². The average molecular weight is 477 g/mol. The third kappa shape index (κ3) is 6.35. The van der Waals surface area contributed by atoms with E-state index in [-0.39, 0.29) is 5.69 Å². The maximum absolute atomic E-state index is 13.1. The molecule has 0 spiro atoms. The smallest absolute Gasteiger partial charge is 0.344 e. The first kappa shape index (κ1) is 24.3. The lowest BCUT2D eigenvalue weighted by Gasteiger charge is -2.25. The molecule has 0 bridgehead atoms. The molecule has 0 aromatic heterocycles. The van der Waals surface area contributed by atoms with Gasteiger partial charge in [-0.3, -0.25) is 9.10 Å². The summed E-state index contributed by atoms with van der Waals surface area (Å²) in [5.74, 6) is -0.660. The molecule has 174 valence electrons. The quantitative estimate of drug-likeness (QED) is 0.538. The van der Waals surface area contributed by atoms with Gasteiger partial charge < -0.3 is 5.32 Å². The minimum absolute atomic E-state index is 0.242. The van der Waals surface area contributed by atoms with Crippen LogP contribution in [0.2, 0.25) is 0 Å². The second-order valence-corrected chi connectivity index (χ2v) is 9.55. The highest BCUT2D eigenvalue weighted by molar-refractivity contribution is 7.92. The SMILES string of the molecule is Cc1ccc([C@H](NC(=O)CN(c2cccc(C(F)(F)F)c2)S(C)(=O)=O)c2ccccc2)cc1. The number of hydrogen-bond donors (Lipinski definition) is 1. The topological polar surface area (TPSA) is 66.5 Å². The van der Waals surface area contributed by atoms with Gasteiger partial charge in [0.2, 0.25) is 15.9 Å². The Labute approximate surface area is 190 Å². The monoisotopic (exact) mass is 476 g/mol. The van der Waals surface area contributed by atoms with Crippen LogP contribution in [0.5, 0.6) is 0 Å². The van der Waals surface area contributed by atoms with E-state index in [2.05, 4.69) is 5.32 Å². The molecule has 0 aliphatic carbocycles. The molecule has 1 amide bonds. The van der Waals surface area contributed by atoms with Crippen LogP contribution >= 0.6 is 0 Å². The van der Waals surface area contributed by atoms with Crippen LogP contribution in [-0.2, 0) is 21.0 Å². The van der Waals surface area contributed by atoms with Crippen LogP contribution in [0.3, 0.4) is 0 Å². The fourth-order valence-electron chi connectivity index (χ4n) is 3.34. The Morgan fingerprint density at radius 1 is 0.939 bits per heavy atom. The molecule has 9 heteroatoms. The third-order valence-corrected chi connectivity index (χ3v) is 6.14. The number of aryl methyl sites for hydroxylation is 1. The van der Waals surface area contributed by atoms with Crippen LogP contribution in [-0.4, -0.2) is 27.1 Å². The molecule has 3 aromatic rings. The number of carbonyl (C=O) groups excluding carboxylic acids is 1. The number of carbonyl (C=O) groups is 1. The van der Waals surface area contributed by atoms with Crippen LogP contribution in [0.1, 0.15) is 28.3 Å². The fourth-order valence-corrected chi connectivity index (χ4v) is 4.19. The van der Waals surface area contributed by atoms with Crippen molar-refractivity contribution in [2.45, 2.75) is 19.1 Å². The van der Waals surface area contributed by atoms with Crippen molar-refractivity contribution < 1.29 is 26.4 Å². The van der Waals surface area contributed by atoms with Crippen molar-refractivity contribution in [2.24, 2.45) is 0 Å². The van der Waals surface area contributed by atoms with Crippen molar-refractivity contribution in [1.29, 1.82) is 0 Å². The lowest BCUT2D eigenvalue weighted by Crippen LogP contribution is -2.42. The molecule has 5 nitrogen and oxygen atoms in total. The molecule has 1 atom stereocenters. The van der Waals surface area contributed by atoms with Crippen LogP contribution in [0, 0.1) is 6.92 Å². The number of nitrogens with one attached hydrogen (secondary N) is 1. The predicted octanol–water partition coefficient (Wildman–Crippen LogP) is 4.69. The van der Waals surface area contributed by atoms with Gasteiger partial charge in [-0.15, -0.1) is 0 Å². The van der Waals surface area contributed by atoms with Crippen molar-refractivity contribution in [1.82, 2.24) is 5.32 Å². The van der Waals surface area contributed by atoms with Crippen LogP contribution < -0.4 is 9.62 Å². The van der Waals surface area contributed by atoms with E-state index in [9.17, 15) is 26.4 Å². The highest BCUT2D eigenvalue weighted by Crippen LogP contribution is 2.32. The molecule has 0 aliphatic heterocycles. The highest BCUT2D eigenvalue weighted by atomic mass is 32.2. The van der Waals surface area contributed by atoms with Crippen LogP contribution in [0.25, 0.3) is 0 Å². The lowest BCUT2D eigenvalue weighted by molar-refractivity contribution is -0.137. The Balaban J connectivity index is 1.91. The Bertz CT molecular complexity index is 1210. The van der Waals surface area contributed by atoms with Crippen LogP contribution in [0.4, 0.5) is 18.9 Å². The van der Waals surface area contributed by atoms with E-state index < -0.39 is 40.3 Å². The summed E-state index contributed by atoms with van der Waals surface area (Å²) in [5.41, 5.74) is 1.35. The largest absolute Gasteiger partial charge is 0.416 e. The first-order valence-electron chi connectivity index (χ1n) is 10.0. The summed E-state index contributed by atoms with van der Waals surface area (Å²) in [5, 5.41) is 2.82. The predicted molar refractivity (Wildman–Crippen MR) is 121 cm³/mol. The number of benzene rings is 3. The van der Waals surface area contributed by atoms with E-state index >= 15 is 0 Å². The van der Waals surface area contributed by atoms with Gasteiger partial charge >= 0.3 is 6.18 Å². The molecule has 0 radical (unpaired) electrons. The van der Waals surface area contributed by atoms with Gasteiger partial charge in [0, 0.05) is 0 Å². The van der Waals surface area contributed by atoms with Crippen LogP contribution in [0.15, 0.2) is 78.9 Å². The molecule has 3 aromatic carbocycles. The second-order valence-electron chi connectivity index (χ2n) is 7.64. The molecular formula is C24H23F3N2O3S. The Morgan fingerprint density at radius 2 is 1.55 bits per heavy atom. The van der Waals surface area contributed by atoms with Crippen molar-refractivity contribution in [2.75, 3.05) is 17.1 Å². The van der Waals surface area contributed by atoms with E-state index in [0.29, 0.717) is 10.4 Å². The average Bonchev–Trinajstić information content (AvgIpc) is 2.76. The number of rotatable bonds is 7. The summed E-state index contributed by atoms with van der Waals surface area (Å²) in [4.78, 5) is 12.9. The first-order chi connectivity index (χ1) is 15.4. The van der Waals surface area contributed by atoms with E-state index in [0.717, 1.165) is 35.1 Å². The summed E-state index contributed by atoms with van der Waals surface area (Å²) in [6.45, 7) is 1.26. The normalized spacial score (nSPS) is 12.8. The van der Waals surface area contributed by atoms with Gasteiger partial charge in [-0.25, -0.2) is 8.42 Å². The molecule has 0 saturated heterocycles.